The van der Waals surface area contributed by atoms with E-state index in [0.29, 0.717) is 17.7 Å². The van der Waals surface area contributed by atoms with E-state index in [-0.39, 0.29) is 0 Å². The monoisotopic (exact) mass is 275 g/mol. The Hall–Kier alpha value is -2.70. The number of rotatable bonds is 1. The summed E-state index contributed by atoms with van der Waals surface area (Å²) in [7, 11) is 1.84. The highest BCUT2D eigenvalue weighted by atomic mass is 16.2. The van der Waals surface area contributed by atoms with Gasteiger partial charge in [-0.1, -0.05) is 36.1 Å². The summed E-state index contributed by atoms with van der Waals surface area (Å²) < 4.78 is 0. The van der Waals surface area contributed by atoms with Crippen molar-refractivity contribution in [3.8, 4) is 23.0 Å². The molecule has 0 atom stereocenters. The molecule has 0 radical (unpaired) electrons. The summed E-state index contributed by atoms with van der Waals surface area (Å²) in [5.41, 5.74) is 3.34. The van der Waals surface area contributed by atoms with Gasteiger partial charge in [-0.05, 0) is 36.4 Å². The molecule has 1 aliphatic rings. The van der Waals surface area contributed by atoms with Crippen LogP contribution in [-0.4, -0.2) is 25.2 Å². The molecular formula is C18H13NO2. The molecule has 0 amide bonds. The van der Waals surface area contributed by atoms with E-state index in [2.05, 4.69) is 17.2 Å². The summed E-state index contributed by atoms with van der Waals surface area (Å²) in [4.78, 5) is 24.2. The fraction of sp³-hybridized carbons (Fsp3) is 0.111. The molecule has 0 bridgehead atoms. The summed E-state index contributed by atoms with van der Waals surface area (Å²) in [6.07, 6.45) is 0. The second kappa shape index (κ2) is 5.35. The third-order valence-corrected chi connectivity index (χ3v) is 3.43. The molecule has 0 saturated heterocycles. The van der Waals surface area contributed by atoms with Crippen LogP contribution < -0.4 is 5.32 Å². The third-order valence-electron chi connectivity index (χ3n) is 3.43. The van der Waals surface area contributed by atoms with Crippen LogP contribution in [0.15, 0.2) is 42.5 Å². The van der Waals surface area contributed by atoms with Gasteiger partial charge >= 0.3 is 0 Å². The molecule has 21 heavy (non-hydrogen) atoms. The van der Waals surface area contributed by atoms with E-state index in [1.165, 1.54) is 0 Å². The summed E-state index contributed by atoms with van der Waals surface area (Å²) >= 11 is 0. The molecule has 2 aromatic carbocycles. The Balaban J connectivity index is 2.16. The minimum atomic E-state index is -0.446. The number of carbonyl (C=O) groups is 2. The lowest BCUT2D eigenvalue weighted by Crippen LogP contribution is -2.21. The summed E-state index contributed by atoms with van der Waals surface area (Å²) in [6.45, 7) is 0.602. The molecule has 2 aromatic rings. The maximum Gasteiger partial charge on any atom is 0.234 e. The zero-order valence-corrected chi connectivity index (χ0v) is 11.6. The SMILES string of the molecule is CNCC#Cc1ccc2c(c1)-c1ccccc1C(=O)C2=O. The number of nitrogens with one attached hydrogen (secondary N) is 1. The Labute approximate surface area is 123 Å². The van der Waals surface area contributed by atoms with Crippen molar-refractivity contribution >= 4 is 11.6 Å². The van der Waals surface area contributed by atoms with Gasteiger partial charge in [-0.3, -0.25) is 9.59 Å². The van der Waals surface area contributed by atoms with Crippen molar-refractivity contribution in [1.29, 1.82) is 0 Å². The number of fused-ring (bicyclic) bond motifs is 3. The molecule has 0 fully saturated rings. The molecule has 0 spiro atoms. The molecule has 102 valence electrons. The van der Waals surface area contributed by atoms with Crippen LogP contribution in [0.2, 0.25) is 0 Å². The average Bonchev–Trinajstić information content (AvgIpc) is 2.53. The van der Waals surface area contributed by atoms with Gasteiger partial charge in [-0.15, -0.1) is 0 Å². The van der Waals surface area contributed by atoms with Gasteiger partial charge in [0.05, 0.1) is 6.54 Å². The van der Waals surface area contributed by atoms with Gasteiger partial charge in [0.25, 0.3) is 0 Å². The van der Waals surface area contributed by atoms with Crippen LogP contribution in [0.5, 0.6) is 0 Å². The lowest BCUT2D eigenvalue weighted by Gasteiger charge is -2.17. The number of benzene rings is 2. The van der Waals surface area contributed by atoms with Crippen LogP contribution in [0.1, 0.15) is 26.3 Å². The highest BCUT2D eigenvalue weighted by molar-refractivity contribution is 6.53. The lowest BCUT2D eigenvalue weighted by molar-refractivity contribution is 0.0815. The van der Waals surface area contributed by atoms with Gasteiger partial charge in [-0.2, -0.15) is 0 Å². The predicted octanol–water partition coefficient (Wildman–Crippen LogP) is 2.30. The Morgan fingerprint density at radius 1 is 0.905 bits per heavy atom. The van der Waals surface area contributed by atoms with Crippen molar-refractivity contribution in [3.63, 3.8) is 0 Å². The van der Waals surface area contributed by atoms with Crippen molar-refractivity contribution in [3.05, 3.63) is 59.2 Å². The van der Waals surface area contributed by atoms with Crippen molar-refractivity contribution in [2.24, 2.45) is 0 Å². The fourth-order valence-electron chi connectivity index (χ4n) is 2.44. The minimum absolute atomic E-state index is 0.438. The molecule has 0 saturated carbocycles. The average molecular weight is 275 g/mol. The molecule has 0 heterocycles. The van der Waals surface area contributed by atoms with Gasteiger partial charge < -0.3 is 5.32 Å². The van der Waals surface area contributed by atoms with E-state index >= 15 is 0 Å². The maximum atomic E-state index is 12.2. The molecule has 0 aliphatic heterocycles. The van der Waals surface area contributed by atoms with E-state index in [1.54, 1.807) is 24.3 Å². The van der Waals surface area contributed by atoms with E-state index in [9.17, 15) is 9.59 Å². The molecule has 3 rings (SSSR count). The predicted molar refractivity (Wildman–Crippen MR) is 81.3 cm³/mol. The van der Waals surface area contributed by atoms with Crippen LogP contribution in [0, 0.1) is 11.8 Å². The van der Waals surface area contributed by atoms with Gasteiger partial charge in [0.15, 0.2) is 0 Å². The van der Waals surface area contributed by atoms with Crippen LogP contribution in [0.25, 0.3) is 11.1 Å². The lowest BCUT2D eigenvalue weighted by atomic mass is 9.83. The summed E-state index contributed by atoms with van der Waals surface area (Å²) in [6, 6.07) is 12.5. The second-order valence-electron chi connectivity index (χ2n) is 4.80. The fourth-order valence-corrected chi connectivity index (χ4v) is 2.44. The topological polar surface area (TPSA) is 46.2 Å². The number of carbonyl (C=O) groups excluding carboxylic acids is 2. The van der Waals surface area contributed by atoms with Crippen LogP contribution in [-0.2, 0) is 0 Å². The van der Waals surface area contributed by atoms with Crippen LogP contribution in [0.3, 0.4) is 0 Å². The van der Waals surface area contributed by atoms with Crippen LogP contribution in [0.4, 0.5) is 0 Å². The van der Waals surface area contributed by atoms with E-state index in [4.69, 9.17) is 0 Å². The molecule has 1 aliphatic carbocycles. The second-order valence-corrected chi connectivity index (χ2v) is 4.80. The molecule has 0 aromatic heterocycles. The van der Waals surface area contributed by atoms with E-state index in [0.717, 1.165) is 16.7 Å². The normalized spacial score (nSPS) is 12.2. The maximum absolute atomic E-state index is 12.2. The standard InChI is InChI=1S/C18H13NO2/c1-19-10-4-5-12-8-9-15-16(11-12)13-6-2-3-7-14(13)17(20)18(15)21/h2-3,6-9,11,19H,10H2,1H3. The Bertz CT molecular complexity index is 809. The zero-order chi connectivity index (χ0) is 14.8. The number of hydrogen-bond donors (Lipinski definition) is 1. The first-order chi connectivity index (χ1) is 10.2. The quantitative estimate of drug-likeness (QED) is 0.641. The molecule has 0 unspecified atom stereocenters. The minimum Gasteiger partial charge on any atom is -0.309 e. The molecule has 3 nitrogen and oxygen atoms in total. The van der Waals surface area contributed by atoms with Crippen molar-refractivity contribution in [2.75, 3.05) is 13.6 Å². The summed E-state index contributed by atoms with van der Waals surface area (Å²) in [5.74, 6) is 5.15. The largest absolute Gasteiger partial charge is 0.309 e. The Kier molecular flexibility index (Phi) is 3.39. The van der Waals surface area contributed by atoms with E-state index in [1.807, 2.05) is 25.2 Å². The van der Waals surface area contributed by atoms with Gasteiger partial charge in [0.1, 0.15) is 0 Å². The number of hydrogen-bond acceptors (Lipinski definition) is 3. The summed E-state index contributed by atoms with van der Waals surface area (Å²) in [5, 5.41) is 2.96. The Morgan fingerprint density at radius 3 is 2.29 bits per heavy atom. The van der Waals surface area contributed by atoms with Crippen molar-refractivity contribution < 1.29 is 9.59 Å². The highest BCUT2D eigenvalue weighted by Gasteiger charge is 2.29. The van der Waals surface area contributed by atoms with Crippen molar-refractivity contribution in [1.82, 2.24) is 5.32 Å². The van der Waals surface area contributed by atoms with Gasteiger partial charge in [0.2, 0.25) is 11.6 Å². The molecular weight excluding hydrogens is 262 g/mol. The zero-order valence-electron chi connectivity index (χ0n) is 11.6. The van der Waals surface area contributed by atoms with Crippen LogP contribution >= 0.6 is 0 Å². The first kappa shape index (κ1) is 13.3. The highest BCUT2D eigenvalue weighted by Crippen LogP contribution is 2.33. The first-order valence-corrected chi connectivity index (χ1v) is 6.68. The number of Topliss-reactive ketones (excluding diaryl/α,β-unsaturated/α-hetero) is 2. The molecule has 3 heteroatoms. The smallest absolute Gasteiger partial charge is 0.234 e. The molecule has 1 N–H and O–H groups in total. The van der Waals surface area contributed by atoms with Crippen molar-refractivity contribution in [2.45, 2.75) is 0 Å². The first-order valence-electron chi connectivity index (χ1n) is 6.68. The number of ketones is 2. The van der Waals surface area contributed by atoms with E-state index < -0.39 is 11.6 Å². The van der Waals surface area contributed by atoms with Gasteiger partial charge in [0, 0.05) is 16.7 Å². The Morgan fingerprint density at radius 2 is 1.57 bits per heavy atom. The van der Waals surface area contributed by atoms with Gasteiger partial charge in [-0.25, -0.2) is 0 Å². The third kappa shape index (κ3) is 2.26.